The Labute approximate surface area is 98.7 Å². The lowest BCUT2D eigenvalue weighted by molar-refractivity contribution is 0.0231. The Morgan fingerprint density at radius 1 is 1.12 bits per heavy atom. The van der Waals surface area contributed by atoms with Gasteiger partial charge in [0, 0.05) is 39.3 Å². The lowest BCUT2D eigenvalue weighted by atomic mass is 9.97. The van der Waals surface area contributed by atoms with Crippen LogP contribution in [-0.4, -0.2) is 68.8 Å². The Bertz CT molecular complexity index is 193. The summed E-state index contributed by atoms with van der Waals surface area (Å²) in [5.74, 6) is 0.846. The van der Waals surface area contributed by atoms with E-state index in [0.717, 1.165) is 45.3 Å². The van der Waals surface area contributed by atoms with E-state index in [1.165, 1.54) is 32.5 Å². The maximum Gasteiger partial charge on any atom is 0.0594 e. The third-order valence-corrected chi connectivity index (χ3v) is 3.67. The quantitative estimate of drug-likeness (QED) is 0.733. The molecule has 0 spiro atoms. The minimum atomic E-state index is 0.796. The highest BCUT2D eigenvalue weighted by atomic mass is 16.5. The maximum absolute atomic E-state index is 5.62. The third kappa shape index (κ3) is 3.70. The van der Waals surface area contributed by atoms with E-state index in [1.807, 2.05) is 0 Å². The summed E-state index contributed by atoms with van der Waals surface area (Å²) in [6.45, 7) is 9.68. The highest BCUT2D eigenvalue weighted by Gasteiger charge is 2.22. The summed E-state index contributed by atoms with van der Waals surface area (Å²) in [5, 5.41) is 0. The number of nitrogens with zero attached hydrogens (tertiary/aromatic N) is 2. The fourth-order valence-corrected chi connectivity index (χ4v) is 2.83. The molecule has 1 atom stereocenters. The number of hydrogen-bond acceptors (Lipinski definition) is 4. The van der Waals surface area contributed by atoms with E-state index in [0.29, 0.717) is 0 Å². The topological polar surface area (TPSA) is 41.7 Å². The molecule has 2 saturated heterocycles. The summed E-state index contributed by atoms with van der Waals surface area (Å²) in [6, 6.07) is 0. The van der Waals surface area contributed by atoms with Crippen LogP contribution in [0.3, 0.4) is 0 Å². The fraction of sp³-hybridized carbons (Fsp3) is 1.00. The molecule has 1 unspecified atom stereocenters. The van der Waals surface area contributed by atoms with E-state index in [2.05, 4.69) is 9.80 Å². The standard InChI is InChI=1S/C12H25N3O/c13-3-5-14-4-1-2-12(10-14)11-15-6-8-16-9-7-15/h12H,1-11,13H2. The van der Waals surface area contributed by atoms with Crippen LogP contribution >= 0.6 is 0 Å². The second-order valence-electron chi connectivity index (χ2n) is 5.01. The number of likely N-dealkylation sites (tertiary alicyclic amines) is 1. The Morgan fingerprint density at radius 2 is 1.94 bits per heavy atom. The van der Waals surface area contributed by atoms with Crippen molar-refractivity contribution in [3.63, 3.8) is 0 Å². The predicted octanol–water partition coefficient (Wildman–Crippen LogP) is -0.0107. The molecule has 0 saturated carbocycles. The number of nitrogens with two attached hydrogens (primary N) is 1. The molecule has 0 radical (unpaired) electrons. The number of hydrogen-bond donors (Lipinski definition) is 1. The third-order valence-electron chi connectivity index (χ3n) is 3.67. The molecule has 2 fully saturated rings. The molecule has 4 heteroatoms. The van der Waals surface area contributed by atoms with Gasteiger partial charge in [-0.3, -0.25) is 4.90 Å². The smallest absolute Gasteiger partial charge is 0.0594 e. The van der Waals surface area contributed by atoms with E-state index in [4.69, 9.17) is 10.5 Å². The van der Waals surface area contributed by atoms with Crippen molar-refractivity contribution in [3.8, 4) is 0 Å². The van der Waals surface area contributed by atoms with E-state index < -0.39 is 0 Å². The highest BCUT2D eigenvalue weighted by molar-refractivity contribution is 4.76. The molecule has 0 aliphatic carbocycles. The fourth-order valence-electron chi connectivity index (χ4n) is 2.83. The molecule has 4 nitrogen and oxygen atoms in total. The zero-order chi connectivity index (χ0) is 11.2. The first-order valence-corrected chi connectivity index (χ1v) is 6.61. The SMILES string of the molecule is NCCN1CCCC(CN2CCOCC2)C1. The van der Waals surface area contributed by atoms with Crippen molar-refractivity contribution in [2.75, 3.05) is 59.0 Å². The summed E-state index contributed by atoms with van der Waals surface area (Å²) < 4.78 is 5.38. The van der Waals surface area contributed by atoms with Crippen molar-refractivity contribution in [2.24, 2.45) is 11.7 Å². The van der Waals surface area contributed by atoms with Gasteiger partial charge in [-0.25, -0.2) is 0 Å². The molecule has 16 heavy (non-hydrogen) atoms. The summed E-state index contributed by atoms with van der Waals surface area (Å²) in [4.78, 5) is 5.08. The molecule has 2 N–H and O–H groups in total. The van der Waals surface area contributed by atoms with E-state index in [9.17, 15) is 0 Å². The van der Waals surface area contributed by atoms with Crippen LogP contribution < -0.4 is 5.73 Å². The van der Waals surface area contributed by atoms with E-state index >= 15 is 0 Å². The minimum Gasteiger partial charge on any atom is -0.379 e. The van der Waals surface area contributed by atoms with Crippen molar-refractivity contribution in [1.29, 1.82) is 0 Å². The van der Waals surface area contributed by atoms with Crippen LogP contribution in [0, 0.1) is 5.92 Å². The maximum atomic E-state index is 5.62. The number of ether oxygens (including phenoxy) is 1. The lowest BCUT2D eigenvalue weighted by Crippen LogP contribution is -2.45. The monoisotopic (exact) mass is 227 g/mol. The van der Waals surface area contributed by atoms with Gasteiger partial charge >= 0.3 is 0 Å². The second kappa shape index (κ2) is 6.55. The first kappa shape index (κ1) is 12.3. The van der Waals surface area contributed by atoms with Gasteiger partial charge in [-0.15, -0.1) is 0 Å². The first-order chi connectivity index (χ1) is 7.88. The molecule has 0 bridgehead atoms. The summed E-state index contributed by atoms with van der Waals surface area (Å²) in [5.41, 5.74) is 5.62. The average Bonchev–Trinajstić information content (AvgIpc) is 2.31. The molecule has 2 rings (SSSR count). The zero-order valence-corrected chi connectivity index (χ0v) is 10.2. The average molecular weight is 227 g/mol. The largest absolute Gasteiger partial charge is 0.379 e. The molecular formula is C12H25N3O. The summed E-state index contributed by atoms with van der Waals surface area (Å²) in [7, 11) is 0. The van der Waals surface area contributed by atoms with Gasteiger partial charge < -0.3 is 15.4 Å². The van der Waals surface area contributed by atoms with Gasteiger partial charge in [-0.05, 0) is 25.3 Å². The molecule has 0 aromatic heterocycles. The van der Waals surface area contributed by atoms with E-state index in [-0.39, 0.29) is 0 Å². The van der Waals surface area contributed by atoms with Crippen molar-refractivity contribution in [3.05, 3.63) is 0 Å². The van der Waals surface area contributed by atoms with Gasteiger partial charge in [0.15, 0.2) is 0 Å². The van der Waals surface area contributed by atoms with Crippen molar-refractivity contribution < 1.29 is 4.74 Å². The molecule has 0 aromatic rings. The molecule has 0 amide bonds. The molecule has 2 heterocycles. The van der Waals surface area contributed by atoms with Crippen LogP contribution in [0.1, 0.15) is 12.8 Å². The van der Waals surface area contributed by atoms with Gasteiger partial charge in [-0.2, -0.15) is 0 Å². The lowest BCUT2D eigenvalue weighted by Gasteiger charge is -2.36. The Balaban J connectivity index is 1.71. The molecular weight excluding hydrogens is 202 g/mol. The van der Waals surface area contributed by atoms with Crippen LogP contribution in [0.2, 0.25) is 0 Å². The summed E-state index contributed by atoms with van der Waals surface area (Å²) in [6.07, 6.45) is 2.73. The zero-order valence-electron chi connectivity index (χ0n) is 10.2. The molecule has 2 aliphatic rings. The number of morpholine rings is 1. The molecule has 2 aliphatic heterocycles. The van der Waals surface area contributed by atoms with Crippen LogP contribution in [0.5, 0.6) is 0 Å². The predicted molar refractivity (Wildman–Crippen MR) is 65.5 cm³/mol. The first-order valence-electron chi connectivity index (χ1n) is 6.61. The van der Waals surface area contributed by atoms with Crippen LogP contribution in [0.15, 0.2) is 0 Å². The highest BCUT2D eigenvalue weighted by Crippen LogP contribution is 2.17. The van der Waals surface area contributed by atoms with Crippen LogP contribution in [-0.2, 0) is 4.74 Å². The van der Waals surface area contributed by atoms with E-state index in [1.54, 1.807) is 0 Å². The van der Waals surface area contributed by atoms with Crippen molar-refractivity contribution >= 4 is 0 Å². The number of piperidine rings is 1. The normalized spacial score (nSPS) is 29.4. The van der Waals surface area contributed by atoms with Crippen molar-refractivity contribution in [1.82, 2.24) is 9.80 Å². The minimum absolute atomic E-state index is 0.796. The van der Waals surface area contributed by atoms with Gasteiger partial charge in [0.2, 0.25) is 0 Å². The molecule has 94 valence electrons. The Hall–Kier alpha value is -0.160. The van der Waals surface area contributed by atoms with Crippen LogP contribution in [0.25, 0.3) is 0 Å². The Morgan fingerprint density at radius 3 is 2.69 bits per heavy atom. The van der Waals surface area contributed by atoms with Gasteiger partial charge in [-0.1, -0.05) is 0 Å². The summed E-state index contributed by atoms with van der Waals surface area (Å²) >= 11 is 0. The second-order valence-corrected chi connectivity index (χ2v) is 5.01. The van der Waals surface area contributed by atoms with Gasteiger partial charge in [0.1, 0.15) is 0 Å². The Kier molecular flexibility index (Phi) is 5.03. The molecule has 0 aromatic carbocycles. The van der Waals surface area contributed by atoms with Crippen LogP contribution in [0.4, 0.5) is 0 Å². The number of rotatable bonds is 4. The van der Waals surface area contributed by atoms with Gasteiger partial charge in [0.05, 0.1) is 13.2 Å². The van der Waals surface area contributed by atoms with Crippen molar-refractivity contribution in [2.45, 2.75) is 12.8 Å². The van der Waals surface area contributed by atoms with Gasteiger partial charge in [0.25, 0.3) is 0 Å².